The van der Waals surface area contributed by atoms with Gasteiger partial charge in [0.2, 0.25) is 5.91 Å². The van der Waals surface area contributed by atoms with Crippen LogP contribution in [-0.4, -0.2) is 32.3 Å². The number of rotatable bonds is 7. The second-order valence-electron chi connectivity index (χ2n) is 7.49. The molecule has 3 aromatic rings. The van der Waals surface area contributed by atoms with E-state index in [0.29, 0.717) is 16.5 Å². The molecule has 0 aliphatic carbocycles. The van der Waals surface area contributed by atoms with Crippen molar-refractivity contribution in [2.24, 2.45) is 7.05 Å². The molecular weight excluding hydrogens is 410 g/mol. The van der Waals surface area contributed by atoms with Gasteiger partial charge < -0.3 is 15.2 Å². The van der Waals surface area contributed by atoms with Gasteiger partial charge in [-0.25, -0.2) is 0 Å². The van der Waals surface area contributed by atoms with Gasteiger partial charge in [0, 0.05) is 18.3 Å². The van der Waals surface area contributed by atoms with E-state index in [9.17, 15) is 9.59 Å². The van der Waals surface area contributed by atoms with Gasteiger partial charge in [-0.05, 0) is 56.5 Å². The molecule has 0 aliphatic heterocycles. The van der Waals surface area contributed by atoms with Crippen LogP contribution in [0.1, 0.15) is 45.8 Å². The highest BCUT2D eigenvalue weighted by Gasteiger charge is 2.19. The number of aryl methyl sites for hydroxylation is 2. The van der Waals surface area contributed by atoms with Gasteiger partial charge in [0.15, 0.2) is 11.0 Å². The average Bonchev–Trinajstić information content (AvgIpc) is 3.10. The summed E-state index contributed by atoms with van der Waals surface area (Å²) in [5.74, 6) is 0.572. The summed E-state index contributed by atoms with van der Waals surface area (Å²) in [5, 5.41) is 14.9. The second-order valence-corrected chi connectivity index (χ2v) is 8.44. The number of amides is 2. The summed E-state index contributed by atoms with van der Waals surface area (Å²) in [5.41, 5.74) is 4.55. The van der Waals surface area contributed by atoms with Gasteiger partial charge in [-0.2, -0.15) is 0 Å². The van der Waals surface area contributed by atoms with Crippen molar-refractivity contribution in [2.45, 2.75) is 38.9 Å². The van der Waals surface area contributed by atoms with Crippen LogP contribution in [0.5, 0.6) is 0 Å². The highest BCUT2D eigenvalue weighted by Crippen LogP contribution is 2.22. The van der Waals surface area contributed by atoms with Crippen LogP contribution in [0, 0.1) is 20.8 Å². The molecule has 0 spiro atoms. The largest absolute Gasteiger partial charge is 0.342 e. The number of aromatic nitrogens is 3. The molecule has 1 heterocycles. The SMILES string of the molecule is Cc1ccccc1C(=O)N[C@H](C)c1nnc(SCC(=O)Nc2cccc(C)c2C)n1C. The first-order valence-corrected chi connectivity index (χ1v) is 11.0. The van der Waals surface area contributed by atoms with Crippen LogP contribution in [0.2, 0.25) is 0 Å². The van der Waals surface area contributed by atoms with Crippen LogP contribution >= 0.6 is 11.8 Å². The topological polar surface area (TPSA) is 88.9 Å². The van der Waals surface area contributed by atoms with Crippen LogP contribution in [0.15, 0.2) is 47.6 Å². The number of nitrogens with one attached hydrogen (secondary N) is 2. The van der Waals surface area contributed by atoms with Crippen LogP contribution in [0.4, 0.5) is 5.69 Å². The van der Waals surface area contributed by atoms with E-state index in [1.165, 1.54) is 11.8 Å². The first-order chi connectivity index (χ1) is 14.8. The molecule has 0 radical (unpaired) electrons. The first kappa shape index (κ1) is 22.6. The van der Waals surface area contributed by atoms with Crippen LogP contribution in [0.25, 0.3) is 0 Å². The van der Waals surface area contributed by atoms with Crippen LogP contribution in [0.3, 0.4) is 0 Å². The van der Waals surface area contributed by atoms with Crippen LogP contribution in [-0.2, 0) is 11.8 Å². The van der Waals surface area contributed by atoms with Crippen LogP contribution < -0.4 is 10.6 Å². The molecular formula is C23H27N5O2S. The molecule has 31 heavy (non-hydrogen) atoms. The standard InChI is InChI=1S/C23H27N5O2S/c1-14-10-8-12-19(16(14)3)25-20(29)13-31-23-27-26-21(28(23)5)17(4)24-22(30)18-11-7-6-9-15(18)2/h6-12,17H,13H2,1-5H3,(H,24,30)(H,25,29)/t17-/m1/s1. The molecule has 1 atom stereocenters. The van der Waals surface area contributed by atoms with E-state index in [2.05, 4.69) is 20.8 Å². The number of thioether (sulfide) groups is 1. The Labute approximate surface area is 186 Å². The van der Waals surface area contributed by atoms with E-state index in [1.807, 2.05) is 71.1 Å². The van der Waals surface area contributed by atoms with Gasteiger partial charge >= 0.3 is 0 Å². The third kappa shape index (κ3) is 5.32. The van der Waals surface area contributed by atoms with Crippen molar-refractivity contribution >= 4 is 29.3 Å². The summed E-state index contributed by atoms with van der Waals surface area (Å²) in [6.45, 7) is 7.77. The second kappa shape index (κ2) is 9.78. The normalized spacial score (nSPS) is 11.8. The summed E-state index contributed by atoms with van der Waals surface area (Å²) >= 11 is 1.31. The molecule has 0 fully saturated rings. The van der Waals surface area contributed by atoms with Gasteiger partial charge in [0.1, 0.15) is 0 Å². The first-order valence-electron chi connectivity index (χ1n) is 10.0. The monoisotopic (exact) mass is 437 g/mol. The molecule has 0 saturated carbocycles. The Morgan fingerprint density at radius 1 is 1.03 bits per heavy atom. The van der Waals surface area contributed by atoms with E-state index >= 15 is 0 Å². The van der Waals surface area contributed by atoms with Crippen molar-refractivity contribution in [3.8, 4) is 0 Å². The van der Waals surface area contributed by atoms with Gasteiger partial charge in [-0.15, -0.1) is 10.2 Å². The fraction of sp³-hybridized carbons (Fsp3) is 0.304. The molecule has 2 aromatic carbocycles. The number of hydrogen-bond donors (Lipinski definition) is 2. The van der Waals surface area contributed by atoms with E-state index in [0.717, 1.165) is 22.4 Å². The molecule has 0 saturated heterocycles. The minimum absolute atomic E-state index is 0.107. The van der Waals surface area contributed by atoms with E-state index in [4.69, 9.17) is 0 Å². The van der Waals surface area contributed by atoms with Gasteiger partial charge in [-0.1, -0.05) is 42.1 Å². The fourth-order valence-electron chi connectivity index (χ4n) is 3.20. The Kier molecular flexibility index (Phi) is 7.12. The quantitative estimate of drug-likeness (QED) is 0.546. The predicted octanol–water partition coefficient (Wildman–Crippen LogP) is 3.96. The lowest BCUT2D eigenvalue weighted by Gasteiger charge is -2.14. The van der Waals surface area contributed by atoms with Crippen molar-refractivity contribution < 1.29 is 9.59 Å². The molecule has 2 amide bonds. The lowest BCUT2D eigenvalue weighted by atomic mass is 10.1. The summed E-state index contributed by atoms with van der Waals surface area (Å²) < 4.78 is 1.80. The smallest absolute Gasteiger partial charge is 0.252 e. The molecule has 0 aliphatic rings. The maximum absolute atomic E-state index is 12.6. The Balaban J connectivity index is 1.60. The molecule has 0 unspecified atom stereocenters. The third-order valence-electron chi connectivity index (χ3n) is 5.20. The molecule has 1 aromatic heterocycles. The molecule has 0 bridgehead atoms. The van der Waals surface area contributed by atoms with Crippen molar-refractivity contribution in [2.75, 3.05) is 11.1 Å². The van der Waals surface area contributed by atoms with Crippen molar-refractivity contribution in [3.05, 3.63) is 70.5 Å². The predicted molar refractivity (Wildman–Crippen MR) is 123 cm³/mol. The summed E-state index contributed by atoms with van der Waals surface area (Å²) in [7, 11) is 1.83. The maximum atomic E-state index is 12.6. The number of carbonyl (C=O) groups is 2. The maximum Gasteiger partial charge on any atom is 0.252 e. The van der Waals surface area contributed by atoms with Gasteiger partial charge in [0.05, 0.1) is 11.8 Å². The van der Waals surface area contributed by atoms with Gasteiger partial charge in [-0.3, -0.25) is 9.59 Å². The Bertz CT molecular complexity index is 1110. The van der Waals surface area contributed by atoms with Crippen molar-refractivity contribution in [3.63, 3.8) is 0 Å². The number of carbonyl (C=O) groups excluding carboxylic acids is 2. The van der Waals surface area contributed by atoms with E-state index in [1.54, 1.807) is 10.6 Å². The molecule has 7 nitrogen and oxygen atoms in total. The van der Waals surface area contributed by atoms with Gasteiger partial charge in [0.25, 0.3) is 5.91 Å². The number of anilines is 1. The Hall–Kier alpha value is -3.13. The van der Waals surface area contributed by atoms with Crippen molar-refractivity contribution in [1.29, 1.82) is 0 Å². The molecule has 162 valence electrons. The minimum atomic E-state index is -0.331. The molecule has 8 heteroatoms. The average molecular weight is 438 g/mol. The highest BCUT2D eigenvalue weighted by molar-refractivity contribution is 7.99. The third-order valence-corrected chi connectivity index (χ3v) is 6.22. The number of benzene rings is 2. The number of hydrogen-bond acceptors (Lipinski definition) is 5. The zero-order valence-corrected chi connectivity index (χ0v) is 19.2. The zero-order chi connectivity index (χ0) is 22.5. The summed E-state index contributed by atoms with van der Waals surface area (Å²) in [4.78, 5) is 25.0. The summed E-state index contributed by atoms with van der Waals surface area (Å²) in [6.07, 6.45) is 0. The Morgan fingerprint density at radius 2 is 1.74 bits per heavy atom. The fourth-order valence-corrected chi connectivity index (χ4v) is 3.92. The summed E-state index contributed by atoms with van der Waals surface area (Å²) in [6, 6.07) is 12.9. The van der Waals surface area contributed by atoms with Crippen molar-refractivity contribution in [1.82, 2.24) is 20.1 Å². The number of nitrogens with zero attached hydrogens (tertiary/aromatic N) is 3. The van der Waals surface area contributed by atoms with E-state index in [-0.39, 0.29) is 23.6 Å². The van der Waals surface area contributed by atoms with E-state index < -0.39 is 0 Å². The lowest BCUT2D eigenvalue weighted by Crippen LogP contribution is -2.29. The zero-order valence-electron chi connectivity index (χ0n) is 18.4. The highest BCUT2D eigenvalue weighted by atomic mass is 32.2. The lowest BCUT2D eigenvalue weighted by molar-refractivity contribution is -0.113. The Morgan fingerprint density at radius 3 is 2.48 bits per heavy atom. The molecule has 3 rings (SSSR count). The minimum Gasteiger partial charge on any atom is -0.342 e. The molecule has 2 N–H and O–H groups in total.